The highest BCUT2D eigenvalue weighted by Gasteiger charge is 2.14. The number of nitrogens with one attached hydrogen (secondary N) is 1. The smallest absolute Gasteiger partial charge is 0.339 e. The van der Waals surface area contributed by atoms with Crippen LogP contribution in [0.4, 0.5) is 10.2 Å². The fourth-order valence-electron chi connectivity index (χ4n) is 1.06. The molecule has 6 nitrogen and oxygen atoms in total. The van der Waals surface area contributed by atoms with Gasteiger partial charge in [0.2, 0.25) is 5.91 Å². The molecule has 0 saturated heterocycles. The van der Waals surface area contributed by atoms with Gasteiger partial charge in [-0.3, -0.25) is 4.79 Å². The topological polar surface area (TPSA) is 82.5 Å². The van der Waals surface area contributed by atoms with Gasteiger partial charge in [-0.1, -0.05) is 0 Å². The maximum absolute atomic E-state index is 12.8. The number of hydrogen-bond donors (Lipinski definition) is 2. The number of carbonyl (C=O) groups is 2. The van der Waals surface area contributed by atoms with Crippen molar-refractivity contribution in [2.75, 3.05) is 26.0 Å². The molecule has 1 heterocycles. The van der Waals surface area contributed by atoms with Crippen molar-refractivity contribution in [1.82, 2.24) is 9.88 Å². The Morgan fingerprint density at radius 2 is 2.18 bits per heavy atom. The molecule has 0 saturated carbocycles. The average molecular weight is 241 g/mol. The van der Waals surface area contributed by atoms with Crippen molar-refractivity contribution in [3.63, 3.8) is 0 Å². The summed E-state index contributed by atoms with van der Waals surface area (Å²) < 4.78 is 12.8. The summed E-state index contributed by atoms with van der Waals surface area (Å²) in [5.41, 5.74) is -0.309. The Morgan fingerprint density at radius 3 is 2.71 bits per heavy atom. The van der Waals surface area contributed by atoms with Gasteiger partial charge >= 0.3 is 5.97 Å². The Balaban J connectivity index is 2.84. The Bertz CT molecular complexity index is 448. The molecule has 1 aromatic heterocycles. The number of hydrogen-bond acceptors (Lipinski definition) is 4. The van der Waals surface area contributed by atoms with E-state index in [-0.39, 0.29) is 23.8 Å². The van der Waals surface area contributed by atoms with Gasteiger partial charge in [0.1, 0.15) is 17.2 Å². The third-order valence-corrected chi connectivity index (χ3v) is 1.99. The molecule has 0 radical (unpaired) electrons. The molecular weight excluding hydrogens is 229 g/mol. The molecule has 0 spiro atoms. The maximum atomic E-state index is 12.8. The summed E-state index contributed by atoms with van der Waals surface area (Å²) in [4.78, 5) is 27.0. The summed E-state index contributed by atoms with van der Waals surface area (Å²) >= 11 is 0. The first-order valence-corrected chi connectivity index (χ1v) is 4.74. The van der Waals surface area contributed by atoms with Crippen molar-refractivity contribution in [3.8, 4) is 0 Å². The van der Waals surface area contributed by atoms with Gasteiger partial charge in [-0.2, -0.15) is 0 Å². The Morgan fingerprint density at radius 1 is 1.53 bits per heavy atom. The monoisotopic (exact) mass is 241 g/mol. The second kappa shape index (κ2) is 5.24. The molecule has 0 bridgehead atoms. The number of amides is 1. The van der Waals surface area contributed by atoms with E-state index in [0.717, 1.165) is 12.3 Å². The van der Waals surface area contributed by atoms with Gasteiger partial charge in [0.25, 0.3) is 0 Å². The van der Waals surface area contributed by atoms with Crippen LogP contribution in [0.2, 0.25) is 0 Å². The minimum Gasteiger partial charge on any atom is -0.478 e. The van der Waals surface area contributed by atoms with Crippen LogP contribution in [0.25, 0.3) is 0 Å². The van der Waals surface area contributed by atoms with Gasteiger partial charge in [-0.15, -0.1) is 0 Å². The summed E-state index contributed by atoms with van der Waals surface area (Å²) in [5.74, 6) is -2.33. The van der Waals surface area contributed by atoms with E-state index in [1.807, 2.05) is 0 Å². The van der Waals surface area contributed by atoms with Crippen LogP contribution in [-0.2, 0) is 4.79 Å². The zero-order chi connectivity index (χ0) is 13.0. The zero-order valence-electron chi connectivity index (χ0n) is 9.40. The number of aromatic carboxylic acids is 1. The van der Waals surface area contributed by atoms with E-state index < -0.39 is 11.8 Å². The molecule has 0 aliphatic carbocycles. The number of rotatable bonds is 4. The lowest BCUT2D eigenvalue weighted by Crippen LogP contribution is -2.29. The predicted octanol–water partition coefficient (Wildman–Crippen LogP) is 0.419. The SMILES string of the molecule is CN(C)C(=O)CNc1ncc(F)cc1C(=O)O. The van der Waals surface area contributed by atoms with E-state index in [9.17, 15) is 14.0 Å². The molecule has 0 aromatic carbocycles. The number of nitrogens with zero attached hydrogens (tertiary/aromatic N) is 2. The minimum absolute atomic E-state index is 0.0332. The number of pyridine rings is 1. The third-order valence-electron chi connectivity index (χ3n) is 1.99. The van der Waals surface area contributed by atoms with Crippen LogP contribution in [-0.4, -0.2) is 47.5 Å². The molecule has 1 amide bonds. The molecule has 0 aliphatic heterocycles. The van der Waals surface area contributed by atoms with Crippen LogP contribution in [0.15, 0.2) is 12.3 Å². The number of anilines is 1. The predicted molar refractivity (Wildman–Crippen MR) is 58.3 cm³/mol. The third kappa shape index (κ3) is 3.40. The summed E-state index contributed by atoms with van der Waals surface area (Å²) in [7, 11) is 3.14. The fraction of sp³-hybridized carbons (Fsp3) is 0.300. The molecule has 0 atom stereocenters. The molecule has 2 N–H and O–H groups in total. The van der Waals surface area contributed by atoms with Gasteiger partial charge in [0.15, 0.2) is 0 Å². The fourth-order valence-corrected chi connectivity index (χ4v) is 1.06. The normalized spacial score (nSPS) is 9.82. The van der Waals surface area contributed by atoms with Crippen molar-refractivity contribution in [3.05, 3.63) is 23.6 Å². The number of halogens is 1. The average Bonchev–Trinajstić information content (AvgIpc) is 2.26. The van der Waals surface area contributed by atoms with E-state index in [2.05, 4.69) is 10.3 Å². The van der Waals surface area contributed by atoms with Crippen molar-refractivity contribution in [2.24, 2.45) is 0 Å². The van der Waals surface area contributed by atoms with Crippen LogP contribution in [0.1, 0.15) is 10.4 Å². The Hall–Kier alpha value is -2.18. The summed E-state index contributed by atoms with van der Waals surface area (Å²) in [6.07, 6.45) is 0.884. The second-order valence-corrected chi connectivity index (χ2v) is 3.50. The van der Waals surface area contributed by atoms with Crippen molar-refractivity contribution >= 4 is 17.7 Å². The van der Waals surface area contributed by atoms with Gasteiger partial charge in [-0.05, 0) is 6.07 Å². The molecule has 0 fully saturated rings. The van der Waals surface area contributed by atoms with E-state index in [1.165, 1.54) is 4.90 Å². The zero-order valence-corrected chi connectivity index (χ0v) is 9.40. The second-order valence-electron chi connectivity index (χ2n) is 3.50. The number of carboxylic acid groups (broad SMARTS) is 1. The first-order chi connectivity index (χ1) is 7.91. The minimum atomic E-state index is -1.31. The quantitative estimate of drug-likeness (QED) is 0.798. The lowest BCUT2D eigenvalue weighted by atomic mass is 10.2. The standard InChI is InChI=1S/C10H12FN3O3/c1-14(2)8(15)5-13-9-7(10(16)17)3-6(11)4-12-9/h3-4H,5H2,1-2H3,(H,12,13)(H,16,17). The van der Waals surface area contributed by atoms with Crippen LogP contribution in [0.5, 0.6) is 0 Å². The van der Waals surface area contributed by atoms with Crippen LogP contribution in [0, 0.1) is 5.82 Å². The Labute approximate surface area is 97.1 Å². The van der Waals surface area contributed by atoms with E-state index in [0.29, 0.717) is 0 Å². The first-order valence-electron chi connectivity index (χ1n) is 4.74. The van der Waals surface area contributed by atoms with Crippen molar-refractivity contribution < 1.29 is 19.1 Å². The number of aromatic nitrogens is 1. The molecule has 7 heteroatoms. The number of likely N-dealkylation sites (N-methyl/N-ethyl adjacent to an activating group) is 1. The summed E-state index contributed by atoms with van der Waals surface area (Å²) in [6.45, 7) is -0.105. The van der Waals surface area contributed by atoms with E-state index in [4.69, 9.17) is 5.11 Å². The van der Waals surface area contributed by atoms with Crippen LogP contribution >= 0.6 is 0 Å². The first kappa shape index (κ1) is 12.9. The van der Waals surface area contributed by atoms with E-state index >= 15 is 0 Å². The molecule has 0 aliphatic rings. The number of carboxylic acids is 1. The maximum Gasteiger partial charge on any atom is 0.339 e. The highest BCUT2D eigenvalue weighted by molar-refractivity contribution is 5.93. The van der Waals surface area contributed by atoms with Gasteiger partial charge in [0.05, 0.1) is 12.7 Å². The van der Waals surface area contributed by atoms with Crippen LogP contribution in [0.3, 0.4) is 0 Å². The number of carbonyl (C=O) groups excluding carboxylic acids is 1. The van der Waals surface area contributed by atoms with Gasteiger partial charge < -0.3 is 15.3 Å². The molecule has 17 heavy (non-hydrogen) atoms. The van der Waals surface area contributed by atoms with Crippen molar-refractivity contribution in [1.29, 1.82) is 0 Å². The van der Waals surface area contributed by atoms with Gasteiger partial charge in [0, 0.05) is 14.1 Å². The molecule has 0 unspecified atom stereocenters. The highest BCUT2D eigenvalue weighted by atomic mass is 19.1. The molecule has 1 rings (SSSR count). The molecule has 1 aromatic rings. The highest BCUT2D eigenvalue weighted by Crippen LogP contribution is 2.13. The van der Waals surface area contributed by atoms with Crippen molar-refractivity contribution in [2.45, 2.75) is 0 Å². The Kier molecular flexibility index (Phi) is 3.97. The van der Waals surface area contributed by atoms with E-state index in [1.54, 1.807) is 14.1 Å². The lowest BCUT2D eigenvalue weighted by molar-refractivity contribution is -0.126. The molecular formula is C10H12FN3O3. The largest absolute Gasteiger partial charge is 0.478 e. The summed E-state index contributed by atoms with van der Waals surface area (Å²) in [5, 5.41) is 11.4. The molecule has 92 valence electrons. The summed E-state index contributed by atoms with van der Waals surface area (Å²) in [6, 6.07) is 0.845. The van der Waals surface area contributed by atoms with Crippen LogP contribution < -0.4 is 5.32 Å². The lowest BCUT2D eigenvalue weighted by Gasteiger charge is -2.12. The van der Waals surface area contributed by atoms with Gasteiger partial charge in [-0.25, -0.2) is 14.2 Å².